The van der Waals surface area contributed by atoms with Crippen molar-refractivity contribution in [2.45, 2.75) is 40.7 Å². The number of aryl methyl sites for hydroxylation is 2. The average molecular weight is 359 g/mol. The lowest BCUT2D eigenvalue weighted by molar-refractivity contribution is 0.0310. The Morgan fingerprint density at radius 1 is 1.12 bits per heavy atom. The highest BCUT2D eigenvalue weighted by molar-refractivity contribution is 6.04. The van der Waals surface area contributed by atoms with Crippen LogP contribution in [0.15, 0.2) is 12.4 Å². The molecule has 1 atom stereocenters. The summed E-state index contributed by atoms with van der Waals surface area (Å²) in [5, 5.41) is 0. The van der Waals surface area contributed by atoms with E-state index in [2.05, 4.69) is 15.0 Å². The molecular formula is C18H21N3O5. The van der Waals surface area contributed by atoms with E-state index in [1.807, 2.05) is 0 Å². The number of Topliss-reactive ketones (excluding diaryl/α,β-unsaturated/α-hetero) is 1. The van der Waals surface area contributed by atoms with Crippen molar-refractivity contribution < 1.29 is 23.9 Å². The van der Waals surface area contributed by atoms with Gasteiger partial charge in [0.05, 0.1) is 29.8 Å². The molecule has 138 valence electrons. The summed E-state index contributed by atoms with van der Waals surface area (Å²) in [6.07, 6.45) is 1.67. The Morgan fingerprint density at radius 2 is 1.81 bits per heavy atom. The van der Waals surface area contributed by atoms with Gasteiger partial charge in [0.1, 0.15) is 0 Å². The largest absolute Gasteiger partial charge is 0.462 e. The van der Waals surface area contributed by atoms with E-state index in [9.17, 15) is 14.4 Å². The first kappa shape index (κ1) is 19.3. The number of carbonyl (C=O) groups excluding carboxylic acids is 3. The van der Waals surface area contributed by atoms with Gasteiger partial charge in [-0.25, -0.2) is 14.6 Å². The van der Waals surface area contributed by atoms with Gasteiger partial charge in [-0.15, -0.1) is 0 Å². The highest BCUT2D eigenvalue weighted by Gasteiger charge is 2.28. The van der Waals surface area contributed by atoms with Crippen LogP contribution in [0.4, 0.5) is 0 Å². The number of ether oxygens (including phenoxy) is 2. The number of hydrogen-bond donors (Lipinski definition) is 1. The zero-order valence-corrected chi connectivity index (χ0v) is 15.4. The molecule has 0 aliphatic carbocycles. The number of esters is 2. The highest BCUT2D eigenvalue weighted by atomic mass is 16.5. The Balaban J connectivity index is 2.18. The summed E-state index contributed by atoms with van der Waals surface area (Å²) >= 11 is 0. The number of aromatic amines is 1. The van der Waals surface area contributed by atoms with Crippen LogP contribution in [0.25, 0.3) is 0 Å². The average Bonchev–Trinajstić information content (AvgIpc) is 2.89. The molecule has 1 N–H and O–H groups in total. The van der Waals surface area contributed by atoms with Gasteiger partial charge in [0.15, 0.2) is 11.8 Å². The van der Waals surface area contributed by atoms with Crippen LogP contribution >= 0.6 is 0 Å². The molecule has 0 fully saturated rings. The first-order valence-electron chi connectivity index (χ1n) is 8.16. The second kappa shape index (κ2) is 7.90. The topological polar surface area (TPSA) is 111 Å². The van der Waals surface area contributed by atoms with Crippen LogP contribution in [0.2, 0.25) is 0 Å². The SMILES string of the molecule is CCOC(=O)c1c(C)[nH]c(C(=O)[C@H](C)OC(=O)c2cnc(C)cn2)c1C. The zero-order chi connectivity index (χ0) is 19.4. The van der Waals surface area contributed by atoms with Gasteiger partial charge in [0, 0.05) is 11.9 Å². The van der Waals surface area contributed by atoms with Crippen molar-refractivity contribution >= 4 is 17.7 Å². The summed E-state index contributed by atoms with van der Waals surface area (Å²) < 4.78 is 10.2. The normalized spacial score (nSPS) is 11.7. The van der Waals surface area contributed by atoms with Crippen molar-refractivity contribution in [2.75, 3.05) is 6.61 Å². The standard InChI is InChI=1S/C18H21N3O5/c1-6-25-18(24)14-10(3)15(21-11(14)4)16(22)12(5)26-17(23)13-8-19-9(2)7-20-13/h7-8,12,21H,6H2,1-5H3/t12-/m0/s1. The van der Waals surface area contributed by atoms with Crippen LogP contribution < -0.4 is 0 Å². The fourth-order valence-electron chi connectivity index (χ4n) is 2.48. The van der Waals surface area contributed by atoms with Crippen molar-refractivity contribution in [1.29, 1.82) is 0 Å². The lowest BCUT2D eigenvalue weighted by Crippen LogP contribution is -2.26. The van der Waals surface area contributed by atoms with Crippen LogP contribution in [-0.4, -0.2) is 45.4 Å². The molecule has 0 radical (unpaired) electrons. The summed E-state index contributed by atoms with van der Waals surface area (Å²) in [5.41, 5.74) is 2.19. The van der Waals surface area contributed by atoms with Gasteiger partial charge < -0.3 is 14.5 Å². The van der Waals surface area contributed by atoms with Gasteiger partial charge in [-0.2, -0.15) is 0 Å². The van der Waals surface area contributed by atoms with Gasteiger partial charge in [0.25, 0.3) is 0 Å². The van der Waals surface area contributed by atoms with Gasteiger partial charge >= 0.3 is 11.9 Å². The number of nitrogens with zero attached hydrogens (tertiary/aromatic N) is 2. The maximum Gasteiger partial charge on any atom is 0.359 e. The first-order valence-corrected chi connectivity index (χ1v) is 8.16. The van der Waals surface area contributed by atoms with Crippen molar-refractivity contribution in [3.8, 4) is 0 Å². The number of H-pyrrole nitrogens is 1. The molecule has 0 spiro atoms. The molecular weight excluding hydrogens is 338 g/mol. The Kier molecular flexibility index (Phi) is 5.86. The number of hydrogen-bond acceptors (Lipinski definition) is 7. The second-order valence-electron chi connectivity index (χ2n) is 5.80. The van der Waals surface area contributed by atoms with E-state index in [-0.39, 0.29) is 18.0 Å². The number of rotatable bonds is 6. The fourth-order valence-corrected chi connectivity index (χ4v) is 2.48. The molecule has 0 saturated carbocycles. The summed E-state index contributed by atoms with van der Waals surface area (Å²) in [4.78, 5) is 47.5. The number of aromatic nitrogens is 3. The third-order valence-corrected chi connectivity index (χ3v) is 3.81. The lowest BCUT2D eigenvalue weighted by atomic mass is 10.1. The number of nitrogens with one attached hydrogen (secondary N) is 1. The lowest BCUT2D eigenvalue weighted by Gasteiger charge is -2.12. The van der Waals surface area contributed by atoms with Crippen LogP contribution in [0, 0.1) is 20.8 Å². The Bertz CT molecular complexity index is 839. The van der Waals surface area contributed by atoms with Gasteiger partial charge in [0.2, 0.25) is 5.78 Å². The van der Waals surface area contributed by atoms with Crippen molar-refractivity contribution in [3.05, 3.63) is 46.3 Å². The summed E-state index contributed by atoms with van der Waals surface area (Å²) in [7, 11) is 0. The van der Waals surface area contributed by atoms with Gasteiger partial charge in [-0.05, 0) is 40.2 Å². The van der Waals surface area contributed by atoms with Gasteiger partial charge in [-0.3, -0.25) is 9.78 Å². The maximum absolute atomic E-state index is 12.6. The minimum absolute atomic E-state index is 0.0156. The Labute approximate surface area is 150 Å². The monoisotopic (exact) mass is 359 g/mol. The molecule has 8 nitrogen and oxygen atoms in total. The van der Waals surface area contributed by atoms with Gasteiger partial charge in [-0.1, -0.05) is 0 Å². The van der Waals surface area contributed by atoms with E-state index >= 15 is 0 Å². The summed E-state index contributed by atoms with van der Waals surface area (Å²) in [6, 6.07) is 0. The van der Waals surface area contributed by atoms with Crippen LogP contribution in [0.3, 0.4) is 0 Å². The second-order valence-corrected chi connectivity index (χ2v) is 5.80. The third kappa shape index (κ3) is 3.96. The molecule has 0 aliphatic rings. The molecule has 2 aromatic heterocycles. The zero-order valence-electron chi connectivity index (χ0n) is 15.4. The third-order valence-electron chi connectivity index (χ3n) is 3.81. The summed E-state index contributed by atoms with van der Waals surface area (Å²) in [5.74, 6) is -1.70. The molecule has 2 heterocycles. The number of carbonyl (C=O) groups is 3. The Hall–Kier alpha value is -3.03. The van der Waals surface area contributed by atoms with E-state index in [1.165, 1.54) is 19.3 Å². The van der Waals surface area contributed by atoms with E-state index in [0.29, 0.717) is 22.5 Å². The Morgan fingerprint density at radius 3 is 2.38 bits per heavy atom. The van der Waals surface area contributed by atoms with Crippen molar-refractivity contribution in [3.63, 3.8) is 0 Å². The quantitative estimate of drug-likeness (QED) is 0.622. The highest BCUT2D eigenvalue weighted by Crippen LogP contribution is 2.21. The molecule has 0 amide bonds. The molecule has 0 unspecified atom stereocenters. The van der Waals surface area contributed by atoms with Crippen molar-refractivity contribution in [1.82, 2.24) is 15.0 Å². The maximum atomic E-state index is 12.6. The molecule has 0 bridgehead atoms. The fraction of sp³-hybridized carbons (Fsp3) is 0.389. The molecule has 8 heteroatoms. The molecule has 2 aromatic rings. The van der Waals surface area contributed by atoms with Crippen LogP contribution in [0.5, 0.6) is 0 Å². The molecule has 2 rings (SSSR count). The van der Waals surface area contributed by atoms with Crippen molar-refractivity contribution in [2.24, 2.45) is 0 Å². The first-order chi connectivity index (χ1) is 12.3. The smallest absolute Gasteiger partial charge is 0.359 e. The molecule has 26 heavy (non-hydrogen) atoms. The van der Waals surface area contributed by atoms with E-state index in [0.717, 1.165) is 0 Å². The molecule has 0 aromatic carbocycles. The predicted octanol–water partition coefficient (Wildman–Crippen LogP) is 2.33. The minimum Gasteiger partial charge on any atom is -0.462 e. The molecule has 0 aliphatic heterocycles. The van der Waals surface area contributed by atoms with E-state index in [4.69, 9.17) is 9.47 Å². The predicted molar refractivity (Wildman–Crippen MR) is 92.2 cm³/mol. The van der Waals surface area contributed by atoms with Crippen LogP contribution in [-0.2, 0) is 9.47 Å². The summed E-state index contributed by atoms with van der Waals surface area (Å²) in [6.45, 7) is 8.46. The van der Waals surface area contributed by atoms with E-state index < -0.39 is 23.8 Å². The van der Waals surface area contributed by atoms with Crippen LogP contribution in [0.1, 0.15) is 62.1 Å². The van der Waals surface area contributed by atoms with E-state index in [1.54, 1.807) is 27.7 Å². The molecule has 0 saturated heterocycles. The minimum atomic E-state index is -1.06. The number of ketones is 1.